The van der Waals surface area contributed by atoms with E-state index in [1.54, 1.807) is 32.2 Å². The van der Waals surface area contributed by atoms with Crippen molar-refractivity contribution in [2.75, 3.05) is 19.0 Å². The third kappa shape index (κ3) is 5.98. The molecule has 0 radical (unpaired) electrons. The number of hydrogen-bond acceptors (Lipinski definition) is 3. The molecule has 0 aliphatic rings. The van der Waals surface area contributed by atoms with Gasteiger partial charge >= 0.3 is 6.18 Å². The fourth-order valence-corrected chi connectivity index (χ4v) is 2.46. The average molecular weight is 366 g/mol. The van der Waals surface area contributed by atoms with Gasteiger partial charge in [0.1, 0.15) is 5.75 Å². The lowest BCUT2D eigenvalue weighted by molar-refractivity contribution is -0.137. The van der Waals surface area contributed by atoms with Crippen LogP contribution in [0, 0.1) is 0 Å². The van der Waals surface area contributed by atoms with Gasteiger partial charge in [0, 0.05) is 18.8 Å². The highest BCUT2D eigenvalue weighted by Crippen LogP contribution is 2.29. The van der Waals surface area contributed by atoms with Crippen LogP contribution < -0.4 is 15.4 Å². The second-order valence-electron chi connectivity index (χ2n) is 5.93. The number of carbonyl (C=O) groups excluding carboxylic acids is 1. The summed E-state index contributed by atoms with van der Waals surface area (Å²) in [5.41, 5.74) is 0.745. The van der Waals surface area contributed by atoms with Crippen LogP contribution in [0.2, 0.25) is 0 Å². The van der Waals surface area contributed by atoms with Crippen LogP contribution in [0.15, 0.2) is 48.5 Å². The number of halogens is 3. The minimum atomic E-state index is -4.38. The molecule has 0 aliphatic carbocycles. The van der Waals surface area contributed by atoms with E-state index in [2.05, 4.69) is 10.6 Å². The van der Waals surface area contributed by atoms with E-state index < -0.39 is 11.7 Å². The molecule has 2 aromatic carbocycles. The Morgan fingerprint density at radius 1 is 1.15 bits per heavy atom. The van der Waals surface area contributed by atoms with Crippen molar-refractivity contribution in [2.24, 2.45) is 0 Å². The number of ether oxygens (including phenoxy) is 1. The second-order valence-corrected chi connectivity index (χ2v) is 5.93. The quantitative estimate of drug-likeness (QED) is 0.782. The summed E-state index contributed by atoms with van der Waals surface area (Å²) in [7, 11) is 1.80. The Morgan fingerprint density at radius 3 is 2.46 bits per heavy atom. The van der Waals surface area contributed by atoms with Crippen molar-refractivity contribution in [1.29, 1.82) is 0 Å². The van der Waals surface area contributed by atoms with Crippen molar-refractivity contribution in [3.8, 4) is 5.75 Å². The normalized spacial score (nSPS) is 12.3. The van der Waals surface area contributed by atoms with Gasteiger partial charge in [-0.15, -0.1) is 0 Å². The highest BCUT2D eigenvalue weighted by Gasteiger charge is 2.30. The molecule has 0 aliphatic heterocycles. The van der Waals surface area contributed by atoms with Gasteiger partial charge in [0.25, 0.3) is 5.91 Å². The molecule has 0 saturated heterocycles. The fraction of sp³-hybridized carbons (Fsp3) is 0.316. The topological polar surface area (TPSA) is 50.4 Å². The van der Waals surface area contributed by atoms with E-state index >= 15 is 0 Å². The zero-order valence-corrected chi connectivity index (χ0v) is 14.6. The number of hydrogen-bond donors (Lipinski definition) is 2. The molecule has 1 unspecified atom stereocenters. The molecule has 140 valence electrons. The third-order valence-corrected chi connectivity index (χ3v) is 3.72. The van der Waals surface area contributed by atoms with Crippen LogP contribution in [-0.2, 0) is 17.4 Å². The largest absolute Gasteiger partial charge is 0.484 e. The van der Waals surface area contributed by atoms with Crippen molar-refractivity contribution in [3.63, 3.8) is 0 Å². The molecule has 0 aromatic heterocycles. The average Bonchev–Trinajstić information content (AvgIpc) is 2.60. The first-order valence-corrected chi connectivity index (χ1v) is 8.14. The zero-order valence-electron chi connectivity index (χ0n) is 14.6. The minimum absolute atomic E-state index is 0.161. The SMILES string of the molecule is CNc1ccc(OCC(=O)NC(C)Cc2cccc(C(F)(F)F)c2)cc1. The first kappa shape index (κ1) is 19.6. The standard InChI is InChI=1S/C19H21F3N2O2/c1-13(10-14-4-3-5-15(11-14)19(20,21)22)24-18(25)12-26-17-8-6-16(23-2)7-9-17/h3-9,11,13,23H,10,12H2,1-2H3,(H,24,25). The summed E-state index contributed by atoms with van der Waals surface area (Å²) in [6.45, 7) is 1.58. The first-order chi connectivity index (χ1) is 12.3. The van der Waals surface area contributed by atoms with Crippen molar-refractivity contribution < 1.29 is 22.7 Å². The van der Waals surface area contributed by atoms with E-state index in [1.165, 1.54) is 6.07 Å². The summed E-state index contributed by atoms with van der Waals surface area (Å²) in [6, 6.07) is 11.9. The lowest BCUT2D eigenvalue weighted by Crippen LogP contribution is -2.37. The molecular formula is C19H21F3N2O2. The maximum atomic E-state index is 12.7. The molecule has 0 heterocycles. The van der Waals surface area contributed by atoms with Gasteiger partial charge in [0.05, 0.1) is 5.56 Å². The molecule has 0 bridgehead atoms. The van der Waals surface area contributed by atoms with Gasteiger partial charge in [-0.3, -0.25) is 4.79 Å². The van der Waals surface area contributed by atoms with Crippen LogP contribution in [-0.4, -0.2) is 25.6 Å². The van der Waals surface area contributed by atoms with Crippen molar-refractivity contribution in [3.05, 3.63) is 59.7 Å². The molecule has 1 atom stereocenters. The number of carbonyl (C=O) groups is 1. The predicted molar refractivity (Wildman–Crippen MR) is 94.2 cm³/mol. The summed E-state index contributed by atoms with van der Waals surface area (Å²) in [4.78, 5) is 11.9. The summed E-state index contributed by atoms with van der Waals surface area (Å²) < 4.78 is 43.6. The number of nitrogens with one attached hydrogen (secondary N) is 2. The van der Waals surface area contributed by atoms with Gasteiger partial charge in [0.15, 0.2) is 6.61 Å². The van der Waals surface area contributed by atoms with Gasteiger partial charge in [-0.05, 0) is 49.2 Å². The monoisotopic (exact) mass is 366 g/mol. The lowest BCUT2D eigenvalue weighted by Gasteiger charge is -2.15. The zero-order chi connectivity index (χ0) is 19.2. The summed E-state index contributed by atoms with van der Waals surface area (Å²) >= 11 is 0. The number of alkyl halides is 3. The molecule has 7 heteroatoms. The highest BCUT2D eigenvalue weighted by molar-refractivity contribution is 5.77. The summed E-state index contributed by atoms with van der Waals surface area (Å²) in [5, 5.41) is 5.70. The predicted octanol–water partition coefficient (Wildman–Crippen LogP) is 3.87. The smallest absolute Gasteiger partial charge is 0.416 e. The van der Waals surface area contributed by atoms with Gasteiger partial charge < -0.3 is 15.4 Å². The number of benzene rings is 2. The van der Waals surface area contributed by atoms with Crippen molar-refractivity contribution in [2.45, 2.75) is 25.6 Å². The molecule has 0 saturated carbocycles. The van der Waals surface area contributed by atoms with Crippen LogP contribution in [0.25, 0.3) is 0 Å². The maximum absolute atomic E-state index is 12.7. The molecule has 2 N–H and O–H groups in total. The van der Waals surface area contributed by atoms with Gasteiger partial charge in [-0.25, -0.2) is 0 Å². The van der Waals surface area contributed by atoms with E-state index in [4.69, 9.17) is 4.74 Å². The van der Waals surface area contributed by atoms with Gasteiger partial charge in [-0.1, -0.05) is 18.2 Å². The van der Waals surface area contributed by atoms with E-state index in [9.17, 15) is 18.0 Å². The number of rotatable bonds is 7. The first-order valence-electron chi connectivity index (χ1n) is 8.14. The van der Waals surface area contributed by atoms with Crippen LogP contribution in [0.4, 0.5) is 18.9 Å². The van der Waals surface area contributed by atoms with E-state index in [-0.39, 0.29) is 18.6 Å². The Labute approximate surface area is 150 Å². The molecule has 0 spiro atoms. The van der Waals surface area contributed by atoms with Crippen molar-refractivity contribution in [1.82, 2.24) is 5.32 Å². The highest BCUT2D eigenvalue weighted by atomic mass is 19.4. The third-order valence-electron chi connectivity index (χ3n) is 3.72. The summed E-state index contributed by atoms with van der Waals surface area (Å²) in [5.74, 6) is 0.229. The van der Waals surface area contributed by atoms with Crippen LogP contribution in [0.3, 0.4) is 0 Å². The van der Waals surface area contributed by atoms with Gasteiger partial charge in [0.2, 0.25) is 0 Å². The Bertz CT molecular complexity index is 730. The number of anilines is 1. The van der Waals surface area contributed by atoms with E-state index in [0.29, 0.717) is 17.7 Å². The molecule has 2 aromatic rings. The fourth-order valence-electron chi connectivity index (χ4n) is 2.46. The number of amides is 1. The van der Waals surface area contributed by atoms with Crippen LogP contribution in [0.1, 0.15) is 18.1 Å². The second kappa shape index (κ2) is 8.60. The molecule has 2 rings (SSSR count). The molecule has 1 amide bonds. The Hall–Kier alpha value is -2.70. The van der Waals surface area contributed by atoms with Crippen molar-refractivity contribution >= 4 is 11.6 Å². The Morgan fingerprint density at radius 2 is 1.85 bits per heavy atom. The lowest BCUT2D eigenvalue weighted by atomic mass is 10.0. The van der Waals surface area contributed by atoms with Crippen LogP contribution in [0.5, 0.6) is 5.75 Å². The minimum Gasteiger partial charge on any atom is -0.484 e. The summed E-state index contributed by atoms with van der Waals surface area (Å²) in [6.07, 6.45) is -4.08. The Kier molecular flexibility index (Phi) is 6.49. The Balaban J connectivity index is 1.83. The van der Waals surface area contributed by atoms with Gasteiger partial charge in [-0.2, -0.15) is 13.2 Å². The molecule has 4 nitrogen and oxygen atoms in total. The van der Waals surface area contributed by atoms with E-state index in [0.717, 1.165) is 17.8 Å². The molecular weight excluding hydrogens is 345 g/mol. The molecule has 0 fully saturated rings. The van der Waals surface area contributed by atoms with Crippen LogP contribution >= 0.6 is 0 Å². The van der Waals surface area contributed by atoms with E-state index in [1.807, 2.05) is 12.1 Å². The maximum Gasteiger partial charge on any atom is 0.416 e. The molecule has 26 heavy (non-hydrogen) atoms.